The summed E-state index contributed by atoms with van der Waals surface area (Å²) in [5.74, 6) is -0.222. The molecule has 16 heteroatoms. The molecule has 0 bridgehead atoms. The lowest BCUT2D eigenvalue weighted by molar-refractivity contribution is -0.148. The summed E-state index contributed by atoms with van der Waals surface area (Å²) >= 11 is 0. The van der Waals surface area contributed by atoms with Gasteiger partial charge in [0.2, 0.25) is 11.9 Å². The minimum atomic E-state index is -4.36. The highest BCUT2D eigenvalue weighted by molar-refractivity contribution is 7.52. The summed E-state index contributed by atoms with van der Waals surface area (Å²) < 4.78 is 43.0. The largest absolute Gasteiger partial charge is 0.482 e. The number of carbonyl (C=O) groups is 1. The molecule has 1 fully saturated rings. The second-order valence-corrected chi connectivity index (χ2v) is 14.5. The second-order valence-electron chi connectivity index (χ2n) is 12.8. The number of rotatable bonds is 10. The van der Waals surface area contributed by atoms with Crippen LogP contribution in [-0.4, -0.2) is 102 Å². The summed E-state index contributed by atoms with van der Waals surface area (Å²) in [5, 5.41) is 26.7. The van der Waals surface area contributed by atoms with Crippen LogP contribution in [0.1, 0.15) is 34.6 Å². The van der Waals surface area contributed by atoms with E-state index in [-0.39, 0.29) is 29.6 Å². The number of ether oxygens (including phenoxy) is 3. The number of guanidine groups is 1. The highest BCUT2D eigenvalue weighted by Crippen LogP contribution is 2.48. The zero-order chi connectivity index (χ0) is 33.4. The molecule has 5 N–H and O–H groups in total. The highest BCUT2D eigenvalue weighted by atomic mass is 31.2. The van der Waals surface area contributed by atoms with Gasteiger partial charge in [-0.25, -0.2) is 9.56 Å². The van der Waals surface area contributed by atoms with Crippen molar-refractivity contribution in [3.63, 3.8) is 0 Å². The molecule has 0 saturated carbocycles. The van der Waals surface area contributed by atoms with E-state index >= 15 is 0 Å². The number of carbonyl (C=O) groups excluding carboxylic acids is 1. The van der Waals surface area contributed by atoms with Crippen LogP contribution in [0.2, 0.25) is 0 Å². The number of esters is 1. The summed E-state index contributed by atoms with van der Waals surface area (Å²) in [5.41, 5.74) is 3.73. The number of hydrogen-bond donors (Lipinski definition) is 4. The van der Waals surface area contributed by atoms with E-state index in [2.05, 4.69) is 20.1 Å². The topological polar surface area (TPSA) is 199 Å². The average molecular weight is 661 g/mol. The predicted molar refractivity (Wildman–Crippen MR) is 170 cm³/mol. The van der Waals surface area contributed by atoms with Gasteiger partial charge < -0.3 is 39.6 Å². The molecular formula is C30H41N6O9P. The summed E-state index contributed by atoms with van der Waals surface area (Å²) in [6.07, 6.45) is -3.20. The number of aliphatic hydroxyl groups is 2. The van der Waals surface area contributed by atoms with Crippen LogP contribution in [0, 0.1) is 5.41 Å². The molecule has 2 aromatic carbocycles. The first kappa shape index (κ1) is 33.8. The van der Waals surface area contributed by atoms with E-state index in [0.29, 0.717) is 5.39 Å². The number of nitrogens with zero attached hydrogens (tertiary/aromatic N) is 4. The van der Waals surface area contributed by atoms with Crippen molar-refractivity contribution in [2.24, 2.45) is 26.1 Å². The lowest BCUT2D eigenvalue weighted by Gasteiger charge is -2.36. The van der Waals surface area contributed by atoms with E-state index in [1.165, 1.54) is 32.2 Å². The van der Waals surface area contributed by atoms with E-state index in [4.69, 9.17) is 29.0 Å². The molecule has 3 heterocycles. The van der Waals surface area contributed by atoms with Crippen LogP contribution in [0.25, 0.3) is 10.8 Å². The van der Waals surface area contributed by atoms with Gasteiger partial charge in [-0.1, -0.05) is 57.2 Å². The maximum Gasteiger partial charge on any atom is 0.459 e. The molecule has 8 atom stereocenters. The minimum absolute atomic E-state index is 0.0422. The van der Waals surface area contributed by atoms with Crippen LogP contribution in [0.5, 0.6) is 5.75 Å². The smallest absolute Gasteiger partial charge is 0.459 e. The van der Waals surface area contributed by atoms with Gasteiger partial charge in [0.1, 0.15) is 29.6 Å². The van der Waals surface area contributed by atoms with Crippen LogP contribution < -0.4 is 15.3 Å². The molecule has 0 aromatic heterocycles. The van der Waals surface area contributed by atoms with Crippen LogP contribution in [-0.2, 0) is 28.1 Å². The van der Waals surface area contributed by atoms with Gasteiger partial charge in [0, 0.05) is 5.39 Å². The van der Waals surface area contributed by atoms with Gasteiger partial charge in [0.05, 0.1) is 26.7 Å². The number of aliphatic imine (C=N–C) groups is 3. The standard InChI is InChI=1S/C30H41N6O9P/c1-17(26(38)42-15-29(2,3)4)35-46(40,45-20-13-9-11-18-10-7-8-12-19(18)20)43-14-21-23(37)30(5,39)27(44-21)36-16-32-22-24(36)33-28(31)34-25(22)41-6/h7-13,16-17,21-24,27,37,39H,14-15H2,1-6H3,(H2,31,33)(H,35,40)/t17-,21+,22?,23+,24?,27+,30+,46+/m0/s1. The number of hydrogen-bond acceptors (Lipinski definition) is 14. The number of benzene rings is 2. The number of fused-ring (bicyclic) bond motifs is 2. The van der Waals surface area contributed by atoms with E-state index in [0.717, 1.165) is 5.39 Å². The number of methoxy groups -OCH3 is 1. The predicted octanol–water partition coefficient (Wildman–Crippen LogP) is 2.16. The quantitative estimate of drug-likeness (QED) is 0.214. The molecule has 250 valence electrons. The Hall–Kier alpha value is -3.59. The zero-order valence-electron chi connectivity index (χ0n) is 26.6. The van der Waals surface area contributed by atoms with Crippen molar-refractivity contribution in [3.8, 4) is 5.75 Å². The Labute approximate surface area is 267 Å². The van der Waals surface area contributed by atoms with Crippen molar-refractivity contribution < 1.29 is 42.8 Å². The SMILES string of the molecule is COC1=NC(N)=NC2C1N=CN2[C@@H]1O[C@H](CO[P@](=O)(N[C@@H](C)C(=O)OCC(C)(C)C)Oc2cccc3ccccc23)[C@@H](O)[C@@]1(C)O. The molecular weight excluding hydrogens is 619 g/mol. The van der Waals surface area contributed by atoms with Crippen molar-refractivity contribution in [1.29, 1.82) is 0 Å². The number of aliphatic hydroxyl groups excluding tert-OH is 1. The van der Waals surface area contributed by atoms with Gasteiger partial charge in [-0.2, -0.15) is 10.1 Å². The second kappa shape index (κ2) is 12.9. The number of nitrogens with one attached hydrogen (secondary N) is 1. The monoisotopic (exact) mass is 660 g/mol. The van der Waals surface area contributed by atoms with Gasteiger partial charge in [0.15, 0.2) is 18.4 Å². The van der Waals surface area contributed by atoms with E-state index in [1.807, 2.05) is 45.0 Å². The fourth-order valence-corrected chi connectivity index (χ4v) is 6.79. The molecule has 3 aliphatic rings. The molecule has 0 aliphatic carbocycles. The first-order chi connectivity index (χ1) is 21.6. The Morgan fingerprint density at radius 2 is 1.96 bits per heavy atom. The molecule has 3 aliphatic heterocycles. The molecule has 0 spiro atoms. The fraction of sp³-hybridized carbons (Fsp3) is 0.533. The van der Waals surface area contributed by atoms with Crippen molar-refractivity contribution in [3.05, 3.63) is 42.5 Å². The third-order valence-electron chi connectivity index (χ3n) is 7.65. The Balaban J connectivity index is 1.36. The van der Waals surface area contributed by atoms with Gasteiger partial charge in [-0.3, -0.25) is 14.3 Å². The van der Waals surface area contributed by atoms with Crippen molar-refractivity contribution in [2.75, 3.05) is 20.3 Å². The van der Waals surface area contributed by atoms with Crippen LogP contribution in [0.4, 0.5) is 0 Å². The summed E-state index contributed by atoms with van der Waals surface area (Å²) in [4.78, 5) is 27.1. The molecule has 2 aromatic rings. The van der Waals surface area contributed by atoms with Crippen molar-refractivity contribution >= 4 is 42.7 Å². The molecule has 1 saturated heterocycles. The molecule has 15 nitrogen and oxygen atoms in total. The van der Waals surface area contributed by atoms with E-state index in [1.54, 1.807) is 18.2 Å². The molecule has 0 amide bonds. The molecule has 0 radical (unpaired) electrons. The van der Waals surface area contributed by atoms with E-state index < -0.39 is 62.6 Å². The summed E-state index contributed by atoms with van der Waals surface area (Å²) in [6, 6.07) is 10.8. The molecule has 46 heavy (non-hydrogen) atoms. The Morgan fingerprint density at radius 3 is 2.67 bits per heavy atom. The van der Waals surface area contributed by atoms with Crippen molar-refractivity contribution in [2.45, 2.75) is 76.9 Å². The van der Waals surface area contributed by atoms with Gasteiger partial charge in [-0.05, 0) is 30.7 Å². The summed E-state index contributed by atoms with van der Waals surface area (Å²) in [7, 11) is -2.93. The lowest BCUT2D eigenvalue weighted by atomic mass is 9.96. The first-order valence-electron chi connectivity index (χ1n) is 14.8. The maximum atomic E-state index is 14.3. The fourth-order valence-electron chi connectivity index (χ4n) is 5.27. The third kappa shape index (κ3) is 7.04. The van der Waals surface area contributed by atoms with Crippen LogP contribution in [0.15, 0.2) is 57.4 Å². The lowest BCUT2D eigenvalue weighted by Crippen LogP contribution is -2.56. The van der Waals surface area contributed by atoms with Crippen molar-refractivity contribution in [1.82, 2.24) is 9.99 Å². The Morgan fingerprint density at radius 1 is 1.24 bits per heavy atom. The Kier molecular flexibility index (Phi) is 9.47. The average Bonchev–Trinajstić information content (AvgIpc) is 3.51. The Bertz CT molecular complexity index is 1590. The minimum Gasteiger partial charge on any atom is -0.482 e. The van der Waals surface area contributed by atoms with Gasteiger partial charge in [0.25, 0.3) is 0 Å². The third-order valence-corrected chi connectivity index (χ3v) is 9.28. The van der Waals surface area contributed by atoms with Gasteiger partial charge >= 0.3 is 13.7 Å². The molecule has 5 rings (SSSR count). The highest BCUT2D eigenvalue weighted by Gasteiger charge is 2.58. The maximum absolute atomic E-state index is 14.3. The molecule has 2 unspecified atom stereocenters. The van der Waals surface area contributed by atoms with Crippen LogP contribution >= 0.6 is 7.75 Å². The normalized spacial score (nSPS) is 29.5. The first-order valence-corrected chi connectivity index (χ1v) is 16.3. The zero-order valence-corrected chi connectivity index (χ0v) is 27.5. The van der Waals surface area contributed by atoms with Crippen LogP contribution in [0.3, 0.4) is 0 Å². The summed E-state index contributed by atoms with van der Waals surface area (Å²) in [6.45, 7) is 8.26. The number of nitrogens with two attached hydrogens (primary N) is 1. The van der Waals surface area contributed by atoms with E-state index in [9.17, 15) is 19.6 Å². The van der Waals surface area contributed by atoms with Gasteiger partial charge in [-0.15, -0.1) is 0 Å².